The first-order valence-corrected chi connectivity index (χ1v) is 8.89. The molecule has 138 valence electrons. The van der Waals surface area contributed by atoms with Gasteiger partial charge in [-0.25, -0.2) is 4.98 Å². The number of fused-ring (bicyclic) bond motifs is 2. The van der Waals surface area contributed by atoms with Crippen LogP contribution in [0.15, 0.2) is 77.2 Å². The largest absolute Gasteiger partial charge is 0.455 e. The molecule has 6 heteroatoms. The van der Waals surface area contributed by atoms with Gasteiger partial charge in [-0.1, -0.05) is 36.4 Å². The van der Waals surface area contributed by atoms with Crippen LogP contribution in [-0.4, -0.2) is 17.2 Å². The summed E-state index contributed by atoms with van der Waals surface area (Å²) >= 11 is 0. The molecule has 1 aliphatic rings. The number of benzene rings is 3. The third-order valence-electron chi connectivity index (χ3n) is 4.49. The second-order valence-electron chi connectivity index (χ2n) is 6.43. The van der Waals surface area contributed by atoms with Gasteiger partial charge in [0.25, 0.3) is 12.2 Å². The quantitative estimate of drug-likeness (QED) is 0.578. The average Bonchev–Trinajstić information content (AvgIpc) is 3.17. The third-order valence-corrected chi connectivity index (χ3v) is 4.49. The van der Waals surface area contributed by atoms with E-state index >= 15 is 0 Å². The lowest BCUT2D eigenvalue weighted by Gasteiger charge is -2.25. The van der Waals surface area contributed by atoms with Crippen LogP contribution in [0.4, 0.5) is 5.69 Å². The Balaban J connectivity index is 1.35. The van der Waals surface area contributed by atoms with E-state index in [-0.39, 0.29) is 5.91 Å². The molecule has 28 heavy (non-hydrogen) atoms. The standard InChI is InChI=1S/C22H16N2O4/c25-20(22-26-13-15-8-4-5-9-18(15)28-22)23-16-10-11-19-17(12-16)24-21(27-19)14-6-2-1-3-7-14/h1-12,22H,13H2,(H,23,25). The van der Waals surface area contributed by atoms with Crippen molar-refractivity contribution < 1.29 is 18.7 Å². The highest BCUT2D eigenvalue weighted by atomic mass is 16.7. The van der Waals surface area contributed by atoms with Gasteiger partial charge in [-0.3, -0.25) is 4.79 Å². The van der Waals surface area contributed by atoms with E-state index in [1.807, 2.05) is 54.6 Å². The van der Waals surface area contributed by atoms with E-state index in [0.717, 1.165) is 11.1 Å². The van der Waals surface area contributed by atoms with Crippen LogP contribution in [-0.2, 0) is 16.1 Å². The molecule has 1 aliphatic heterocycles. The van der Waals surface area contributed by atoms with Crippen LogP contribution in [0.2, 0.25) is 0 Å². The summed E-state index contributed by atoms with van der Waals surface area (Å²) in [5.41, 5.74) is 3.72. The summed E-state index contributed by atoms with van der Waals surface area (Å²) in [5, 5.41) is 2.81. The van der Waals surface area contributed by atoms with Crippen LogP contribution in [0.3, 0.4) is 0 Å². The molecule has 0 aliphatic carbocycles. The van der Waals surface area contributed by atoms with Crippen molar-refractivity contribution in [3.63, 3.8) is 0 Å². The summed E-state index contributed by atoms with van der Waals surface area (Å²) in [6.07, 6.45) is -0.997. The maximum Gasteiger partial charge on any atom is 0.294 e. The minimum Gasteiger partial charge on any atom is -0.455 e. The van der Waals surface area contributed by atoms with Gasteiger partial charge >= 0.3 is 0 Å². The Kier molecular flexibility index (Phi) is 4.03. The van der Waals surface area contributed by atoms with Crippen LogP contribution in [0.25, 0.3) is 22.6 Å². The predicted octanol–water partition coefficient (Wildman–Crippen LogP) is 4.37. The number of nitrogens with one attached hydrogen (secondary N) is 1. The zero-order valence-corrected chi connectivity index (χ0v) is 14.8. The normalized spacial score (nSPS) is 15.6. The highest BCUT2D eigenvalue weighted by Crippen LogP contribution is 2.28. The van der Waals surface area contributed by atoms with E-state index < -0.39 is 6.29 Å². The zero-order chi connectivity index (χ0) is 18.9. The van der Waals surface area contributed by atoms with Gasteiger partial charge in [0.1, 0.15) is 11.3 Å². The lowest BCUT2D eigenvalue weighted by atomic mass is 10.2. The van der Waals surface area contributed by atoms with E-state index in [1.165, 1.54) is 0 Å². The Bertz CT molecular complexity index is 1150. The molecule has 1 aromatic heterocycles. The van der Waals surface area contributed by atoms with Crippen molar-refractivity contribution in [2.24, 2.45) is 0 Å². The van der Waals surface area contributed by atoms with Crippen molar-refractivity contribution in [2.75, 3.05) is 5.32 Å². The topological polar surface area (TPSA) is 73.6 Å². The molecule has 0 fully saturated rings. The monoisotopic (exact) mass is 372 g/mol. The number of carbonyl (C=O) groups is 1. The summed E-state index contributed by atoms with van der Waals surface area (Å²) in [6.45, 7) is 0.330. The summed E-state index contributed by atoms with van der Waals surface area (Å²) in [7, 11) is 0. The van der Waals surface area contributed by atoms with Gasteiger partial charge in [0, 0.05) is 16.8 Å². The second kappa shape index (κ2) is 6.83. The Hall–Kier alpha value is -3.64. The minimum absolute atomic E-state index is 0.330. The van der Waals surface area contributed by atoms with E-state index in [4.69, 9.17) is 13.9 Å². The molecule has 0 saturated carbocycles. The number of aromatic nitrogens is 1. The fraction of sp³-hybridized carbons (Fsp3) is 0.0909. The molecule has 1 N–H and O–H groups in total. The molecule has 5 rings (SSSR count). The molecule has 0 spiro atoms. The number of ether oxygens (including phenoxy) is 2. The number of nitrogens with zero attached hydrogens (tertiary/aromatic N) is 1. The molecular weight excluding hydrogens is 356 g/mol. The summed E-state index contributed by atoms with van der Waals surface area (Å²) < 4.78 is 17.0. The fourth-order valence-electron chi connectivity index (χ4n) is 3.09. The summed E-state index contributed by atoms with van der Waals surface area (Å²) in [5.74, 6) is 0.823. The Morgan fingerprint density at radius 2 is 1.82 bits per heavy atom. The van der Waals surface area contributed by atoms with E-state index in [9.17, 15) is 4.79 Å². The Morgan fingerprint density at radius 1 is 1.00 bits per heavy atom. The minimum atomic E-state index is -0.997. The van der Waals surface area contributed by atoms with Crippen molar-refractivity contribution >= 4 is 22.7 Å². The first kappa shape index (κ1) is 16.5. The highest BCUT2D eigenvalue weighted by molar-refractivity contribution is 5.95. The van der Waals surface area contributed by atoms with Gasteiger partial charge < -0.3 is 19.2 Å². The van der Waals surface area contributed by atoms with Crippen LogP contribution in [0, 0.1) is 0 Å². The molecule has 6 nitrogen and oxygen atoms in total. The molecule has 3 aromatic carbocycles. The molecule has 1 unspecified atom stereocenters. The van der Waals surface area contributed by atoms with Crippen molar-refractivity contribution in [1.29, 1.82) is 0 Å². The molecule has 1 amide bonds. The van der Waals surface area contributed by atoms with Crippen molar-refractivity contribution in [3.05, 3.63) is 78.4 Å². The Morgan fingerprint density at radius 3 is 2.71 bits per heavy atom. The average molecular weight is 372 g/mol. The number of amides is 1. The van der Waals surface area contributed by atoms with Gasteiger partial charge in [0.15, 0.2) is 5.58 Å². The molecular formula is C22H16N2O4. The third kappa shape index (κ3) is 3.10. The maximum atomic E-state index is 12.5. The smallest absolute Gasteiger partial charge is 0.294 e. The van der Waals surface area contributed by atoms with Crippen LogP contribution in [0.1, 0.15) is 5.56 Å². The molecule has 1 atom stereocenters. The first-order valence-electron chi connectivity index (χ1n) is 8.89. The zero-order valence-electron chi connectivity index (χ0n) is 14.8. The fourth-order valence-corrected chi connectivity index (χ4v) is 3.09. The molecule has 4 aromatic rings. The molecule has 0 saturated heterocycles. The van der Waals surface area contributed by atoms with Gasteiger partial charge in [-0.05, 0) is 36.4 Å². The molecule has 2 heterocycles. The number of para-hydroxylation sites is 1. The molecule has 0 bridgehead atoms. The molecule has 0 radical (unpaired) electrons. The number of carbonyl (C=O) groups excluding carboxylic acids is 1. The van der Waals surface area contributed by atoms with E-state index in [0.29, 0.717) is 35.0 Å². The number of rotatable bonds is 3. The van der Waals surface area contributed by atoms with Gasteiger partial charge in [0.05, 0.1) is 6.61 Å². The highest BCUT2D eigenvalue weighted by Gasteiger charge is 2.27. The van der Waals surface area contributed by atoms with Crippen molar-refractivity contribution in [1.82, 2.24) is 4.98 Å². The van der Waals surface area contributed by atoms with Crippen molar-refractivity contribution in [2.45, 2.75) is 12.9 Å². The second-order valence-corrected chi connectivity index (χ2v) is 6.43. The SMILES string of the molecule is O=C(Nc1ccc2oc(-c3ccccc3)nc2c1)C1OCc2ccccc2O1. The first-order chi connectivity index (χ1) is 13.8. The van der Waals surface area contributed by atoms with E-state index in [2.05, 4.69) is 10.3 Å². The lowest BCUT2D eigenvalue weighted by Crippen LogP contribution is -2.37. The summed E-state index contributed by atoms with van der Waals surface area (Å²) in [4.78, 5) is 17.0. The number of hydrogen-bond donors (Lipinski definition) is 1. The maximum absolute atomic E-state index is 12.5. The van der Waals surface area contributed by atoms with Crippen LogP contribution in [0.5, 0.6) is 5.75 Å². The van der Waals surface area contributed by atoms with Crippen LogP contribution < -0.4 is 10.1 Å². The van der Waals surface area contributed by atoms with Crippen molar-refractivity contribution in [3.8, 4) is 17.2 Å². The number of hydrogen-bond acceptors (Lipinski definition) is 5. The Labute approximate surface area is 160 Å². The summed E-state index contributed by atoms with van der Waals surface area (Å²) in [6, 6.07) is 22.5. The number of oxazole rings is 1. The van der Waals surface area contributed by atoms with E-state index in [1.54, 1.807) is 18.2 Å². The predicted molar refractivity (Wildman–Crippen MR) is 104 cm³/mol. The van der Waals surface area contributed by atoms with Crippen LogP contribution >= 0.6 is 0 Å². The van der Waals surface area contributed by atoms with Gasteiger partial charge in [0.2, 0.25) is 5.89 Å². The lowest BCUT2D eigenvalue weighted by molar-refractivity contribution is -0.154. The number of anilines is 1. The van der Waals surface area contributed by atoms with Gasteiger partial charge in [-0.15, -0.1) is 0 Å². The van der Waals surface area contributed by atoms with Gasteiger partial charge in [-0.2, -0.15) is 0 Å².